The number of amides is 2. The molecule has 0 aromatic heterocycles. The van der Waals surface area contributed by atoms with Gasteiger partial charge in [-0.1, -0.05) is 0 Å². The molecule has 0 unspecified atom stereocenters. The molecule has 6 heteroatoms. The highest BCUT2D eigenvalue weighted by molar-refractivity contribution is 5.78. The summed E-state index contributed by atoms with van der Waals surface area (Å²) in [5.74, 6) is -0.0246. The topological polar surface area (TPSA) is 70.7 Å². The summed E-state index contributed by atoms with van der Waals surface area (Å²) in [4.78, 5) is 24.5. The van der Waals surface area contributed by atoms with Gasteiger partial charge in [0.1, 0.15) is 0 Å². The van der Waals surface area contributed by atoms with Gasteiger partial charge in [0.25, 0.3) is 0 Å². The van der Waals surface area contributed by atoms with Crippen LogP contribution in [0.15, 0.2) is 0 Å². The van der Waals surface area contributed by atoms with Crippen LogP contribution < -0.4 is 10.6 Å². The fourth-order valence-electron chi connectivity index (χ4n) is 1.98. The average Bonchev–Trinajstić information content (AvgIpc) is 2.45. The van der Waals surface area contributed by atoms with Gasteiger partial charge in [0.15, 0.2) is 0 Å². The largest absolute Gasteiger partial charge is 0.378 e. The van der Waals surface area contributed by atoms with E-state index in [2.05, 4.69) is 10.6 Å². The van der Waals surface area contributed by atoms with Crippen molar-refractivity contribution in [1.29, 1.82) is 0 Å². The molecule has 19 heavy (non-hydrogen) atoms. The Balaban J connectivity index is 2.10. The van der Waals surface area contributed by atoms with Crippen LogP contribution in [0.2, 0.25) is 0 Å². The van der Waals surface area contributed by atoms with Gasteiger partial charge in [-0.15, -0.1) is 0 Å². The molecule has 0 aromatic carbocycles. The monoisotopic (exact) mass is 271 g/mol. The Morgan fingerprint density at radius 2 is 2.00 bits per heavy atom. The lowest BCUT2D eigenvalue weighted by Gasteiger charge is -2.23. The Morgan fingerprint density at radius 3 is 2.63 bits per heavy atom. The van der Waals surface area contributed by atoms with Crippen LogP contribution in [0.25, 0.3) is 0 Å². The second kappa shape index (κ2) is 8.87. The fourth-order valence-corrected chi connectivity index (χ4v) is 1.98. The molecular formula is C13H25N3O3. The highest BCUT2D eigenvalue weighted by Crippen LogP contribution is 2.07. The lowest BCUT2D eigenvalue weighted by molar-refractivity contribution is -0.132. The Morgan fingerprint density at radius 1 is 1.32 bits per heavy atom. The van der Waals surface area contributed by atoms with Gasteiger partial charge in [0, 0.05) is 27.1 Å². The van der Waals surface area contributed by atoms with Gasteiger partial charge in [0.05, 0.1) is 19.1 Å². The third-order valence-electron chi connectivity index (χ3n) is 3.33. The summed E-state index contributed by atoms with van der Waals surface area (Å²) in [7, 11) is 3.31. The van der Waals surface area contributed by atoms with E-state index in [0.717, 1.165) is 25.9 Å². The van der Waals surface area contributed by atoms with Crippen molar-refractivity contribution in [2.45, 2.75) is 31.8 Å². The number of nitrogens with zero attached hydrogens (tertiary/aromatic N) is 1. The Hall–Kier alpha value is -1.14. The van der Waals surface area contributed by atoms with Gasteiger partial charge in [-0.3, -0.25) is 9.59 Å². The summed E-state index contributed by atoms with van der Waals surface area (Å²) in [5.41, 5.74) is 0. The molecule has 1 fully saturated rings. The molecule has 6 nitrogen and oxygen atoms in total. The first-order valence-corrected chi connectivity index (χ1v) is 6.90. The van der Waals surface area contributed by atoms with Gasteiger partial charge in [0.2, 0.25) is 11.8 Å². The lowest BCUT2D eigenvalue weighted by atomic mass is 10.1. The third kappa shape index (κ3) is 6.54. The van der Waals surface area contributed by atoms with E-state index in [-0.39, 0.29) is 17.9 Å². The SMILES string of the molecule is CNC(=O)CCN(C)C(=O)CCOC1CCNCC1. The van der Waals surface area contributed by atoms with E-state index < -0.39 is 0 Å². The summed E-state index contributed by atoms with van der Waals surface area (Å²) >= 11 is 0. The van der Waals surface area contributed by atoms with Crippen LogP contribution >= 0.6 is 0 Å². The molecule has 2 N–H and O–H groups in total. The maximum atomic E-state index is 11.8. The van der Waals surface area contributed by atoms with Crippen molar-refractivity contribution >= 4 is 11.8 Å². The van der Waals surface area contributed by atoms with Gasteiger partial charge < -0.3 is 20.3 Å². The Labute approximate surface area is 114 Å². The number of nitrogens with one attached hydrogen (secondary N) is 2. The summed E-state index contributed by atoms with van der Waals surface area (Å²) < 4.78 is 5.68. The smallest absolute Gasteiger partial charge is 0.224 e. The molecule has 1 aliphatic rings. The standard InChI is InChI=1S/C13H25N3O3/c1-14-12(17)5-9-16(2)13(18)6-10-19-11-3-7-15-8-4-11/h11,15H,3-10H2,1-2H3,(H,14,17). The van der Waals surface area contributed by atoms with Crippen molar-refractivity contribution in [2.24, 2.45) is 0 Å². The minimum Gasteiger partial charge on any atom is -0.378 e. The van der Waals surface area contributed by atoms with E-state index in [0.29, 0.717) is 26.0 Å². The van der Waals surface area contributed by atoms with E-state index in [1.54, 1.807) is 19.0 Å². The first-order chi connectivity index (χ1) is 9.13. The molecule has 0 spiro atoms. The number of hydrogen-bond donors (Lipinski definition) is 2. The average molecular weight is 271 g/mol. The van der Waals surface area contributed by atoms with E-state index in [9.17, 15) is 9.59 Å². The molecule has 0 bridgehead atoms. The minimum absolute atomic E-state index is 0.0258. The maximum Gasteiger partial charge on any atom is 0.224 e. The highest BCUT2D eigenvalue weighted by atomic mass is 16.5. The van der Waals surface area contributed by atoms with Crippen LogP contribution in [0.4, 0.5) is 0 Å². The fraction of sp³-hybridized carbons (Fsp3) is 0.846. The molecule has 0 radical (unpaired) electrons. The summed E-state index contributed by atoms with van der Waals surface area (Å²) in [6.07, 6.45) is 3.04. The first-order valence-electron chi connectivity index (χ1n) is 6.90. The van der Waals surface area contributed by atoms with Gasteiger partial charge >= 0.3 is 0 Å². The van der Waals surface area contributed by atoms with Crippen LogP contribution in [0.5, 0.6) is 0 Å². The van der Waals surface area contributed by atoms with Crippen molar-refractivity contribution in [3.8, 4) is 0 Å². The number of ether oxygens (including phenoxy) is 1. The molecule has 0 atom stereocenters. The van der Waals surface area contributed by atoms with Crippen LogP contribution in [0, 0.1) is 0 Å². The first kappa shape index (κ1) is 15.9. The van der Waals surface area contributed by atoms with E-state index in [4.69, 9.17) is 4.74 Å². The summed E-state index contributed by atoms with van der Waals surface area (Å²) in [6.45, 7) is 2.90. The summed E-state index contributed by atoms with van der Waals surface area (Å²) in [5, 5.41) is 5.81. The number of piperidine rings is 1. The van der Waals surface area contributed by atoms with Crippen molar-refractivity contribution < 1.29 is 14.3 Å². The predicted octanol–water partition coefficient (Wildman–Crippen LogP) is -0.260. The molecule has 110 valence electrons. The summed E-state index contributed by atoms with van der Waals surface area (Å²) in [6, 6.07) is 0. The number of carbonyl (C=O) groups excluding carboxylic acids is 2. The molecule has 1 saturated heterocycles. The lowest BCUT2D eigenvalue weighted by Crippen LogP contribution is -2.34. The molecule has 2 amide bonds. The normalized spacial score (nSPS) is 16.1. The molecule has 1 heterocycles. The quantitative estimate of drug-likeness (QED) is 0.669. The van der Waals surface area contributed by atoms with Gasteiger partial charge in [-0.25, -0.2) is 0 Å². The molecular weight excluding hydrogens is 246 g/mol. The second-order valence-corrected chi connectivity index (χ2v) is 4.81. The van der Waals surface area contributed by atoms with Crippen molar-refractivity contribution in [2.75, 3.05) is 40.3 Å². The minimum atomic E-state index is -0.0504. The van der Waals surface area contributed by atoms with E-state index in [1.165, 1.54) is 0 Å². The molecule has 0 saturated carbocycles. The van der Waals surface area contributed by atoms with Crippen LogP contribution in [0.3, 0.4) is 0 Å². The van der Waals surface area contributed by atoms with Crippen LogP contribution in [-0.4, -0.2) is 63.2 Å². The maximum absolute atomic E-state index is 11.8. The second-order valence-electron chi connectivity index (χ2n) is 4.81. The predicted molar refractivity (Wildman–Crippen MR) is 72.8 cm³/mol. The Bertz CT molecular complexity index is 291. The zero-order chi connectivity index (χ0) is 14.1. The van der Waals surface area contributed by atoms with E-state index >= 15 is 0 Å². The van der Waals surface area contributed by atoms with E-state index in [1.807, 2.05) is 0 Å². The Kier molecular flexibility index (Phi) is 7.43. The van der Waals surface area contributed by atoms with Gasteiger partial charge in [-0.05, 0) is 25.9 Å². The zero-order valence-corrected chi connectivity index (χ0v) is 11.9. The van der Waals surface area contributed by atoms with Crippen molar-refractivity contribution in [3.63, 3.8) is 0 Å². The molecule has 1 aliphatic heterocycles. The van der Waals surface area contributed by atoms with Gasteiger partial charge in [-0.2, -0.15) is 0 Å². The van der Waals surface area contributed by atoms with Crippen molar-refractivity contribution in [1.82, 2.24) is 15.5 Å². The molecule has 0 aromatic rings. The third-order valence-corrected chi connectivity index (χ3v) is 3.33. The zero-order valence-electron chi connectivity index (χ0n) is 11.9. The van der Waals surface area contributed by atoms with Crippen LogP contribution in [0.1, 0.15) is 25.7 Å². The number of carbonyl (C=O) groups is 2. The van der Waals surface area contributed by atoms with Crippen molar-refractivity contribution in [3.05, 3.63) is 0 Å². The number of hydrogen-bond acceptors (Lipinski definition) is 4. The molecule has 0 aliphatic carbocycles. The number of rotatable bonds is 7. The van der Waals surface area contributed by atoms with Crippen LogP contribution in [-0.2, 0) is 14.3 Å². The molecule has 1 rings (SSSR count). The highest BCUT2D eigenvalue weighted by Gasteiger charge is 2.15.